The molecule has 2 rings (SSSR count). The Morgan fingerprint density at radius 2 is 1.96 bits per heavy atom. The lowest BCUT2D eigenvalue weighted by molar-refractivity contribution is -0.121. The highest BCUT2D eigenvalue weighted by molar-refractivity contribution is 5.91. The molecule has 1 aromatic heterocycles. The first-order valence-corrected chi connectivity index (χ1v) is 7.34. The highest BCUT2D eigenvalue weighted by Crippen LogP contribution is 2.19. The summed E-state index contributed by atoms with van der Waals surface area (Å²) in [5, 5.41) is 13.9. The zero-order valence-corrected chi connectivity index (χ0v) is 13.3. The predicted octanol–water partition coefficient (Wildman–Crippen LogP) is 1.74. The van der Waals surface area contributed by atoms with Crippen molar-refractivity contribution in [2.75, 3.05) is 6.61 Å². The van der Waals surface area contributed by atoms with Gasteiger partial charge < -0.3 is 4.74 Å². The number of benzene rings is 1. The predicted molar refractivity (Wildman–Crippen MR) is 82.5 cm³/mol. The molecule has 0 spiro atoms. The van der Waals surface area contributed by atoms with Gasteiger partial charge in [-0.1, -0.05) is 38.1 Å². The van der Waals surface area contributed by atoms with E-state index in [2.05, 4.69) is 39.3 Å². The van der Waals surface area contributed by atoms with Crippen molar-refractivity contribution in [3.63, 3.8) is 0 Å². The number of hydrogen-bond acceptors (Lipinski definition) is 6. The number of imide groups is 1. The second-order valence-corrected chi connectivity index (χ2v) is 5.19. The summed E-state index contributed by atoms with van der Waals surface area (Å²) >= 11 is 0. The molecule has 23 heavy (non-hydrogen) atoms. The van der Waals surface area contributed by atoms with Crippen LogP contribution in [0, 0.1) is 0 Å². The molecule has 0 saturated carbocycles. The van der Waals surface area contributed by atoms with E-state index in [4.69, 9.17) is 0 Å². The number of aromatic nitrogens is 4. The highest BCUT2D eigenvalue weighted by Gasteiger charge is 2.12. The third-order valence-electron chi connectivity index (χ3n) is 3.09. The molecule has 0 fully saturated rings. The van der Waals surface area contributed by atoms with E-state index >= 15 is 0 Å². The van der Waals surface area contributed by atoms with Gasteiger partial charge in [-0.05, 0) is 23.6 Å². The molecule has 1 N–H and O–H groups in total. The smallest absolute Gasteiger partial charge is 0.413 e. The van der Waals surface area contributed by atoms with Crippen molar-refractivity contribution in [1.82, 2.24) is 25.5 Å². The van der Waals surface area contributed by atoms with E-state index in [-0.39, 0.29) is 13.2 Å². The molecule has 0 aliphatic rings. The first-order valence-electron chi connectivity index (χ1n) is 7.34. The van der Waals surface area contributed by atoms with Crippen LogP contribution in [-0.2, 0) is 16.1 Å². The normalized spacial score (nSPS) is 10.6. The minimum absolute atomic E-state index is 0.192. The van der Waals surface area contributed by atoms with Crippen molar-refractivity contribution in [3.8, 4) is 11.4 Å². The number of nitrogens with zero attached hydrogens (tertiary/aromatic N) is 4. The molecule has 2 aromatic rings. The largest absolute Gasteiger partial charge is 0.450 e. The van der Waals surface area contributed by atoms with Crippen molar-refractivity contribution >= 4 is 12.0 Å². The van der Waals surface area contributed by atoms with Crippen LogP contribution in [0.25, 0.3) is 11.4 Å². The molecule has 0 unspecified atom stereocenters. The molecule has 2 amide bonds. The average molecular weight is 317 g/mol. The minimum Gasteiger partial charge on any atom is -0.450 e. The van der Waals surface area contributed by atoms with Crippen LogP contribution in [0.5, 0.6) is 0 Å². The van der Waals surface area contributed by atoms with Crippen molar-refractivity contribution < 1.29 is 14.3 Å². The maximum Gasteiger partial charge on any atom is 0.413 e. The maximum atomic E-state index is 11.6. The van der Waals surface area contributed by atoms with Gasteiger partial charge in [-0.2, -0.15) is 4.80 Å². The minimum atomic E-state index is -0.790. The quantitative estimate of drug-likeness (QED) is 0.901. The molecule has 8 nitrogen and oxygen atoms in total. The van der Waals surface area contributed by atoms with Gasteiger partial charge in [0.05, 0.1) is 6.61 Å². The summed E-state index contributed by atoms with van der Waals surface area (Å²) in [7, 11) is 0. The monoisotopic (exact) mass is 317 g/mol. The number of carbonyl (C=O) groups is 2. The van der Waals surface area contributed by atoms with Gasteiger partial charge in [-0.3, -0.25) is 10.1 Å². The molecular formula is C15H19N5O3. The second kappa shape index (κ2) is 7.48. The van der Waals surface area contributed by atoms with Crippen LogP contribution in [0.3, 0.4) is 0 Å². The average Bonchev–Trinajstić information content (AvgIpc) is 2.95. The Bertz CT molecular complexity index is 679. The first kappa shape index (κ1) is 16.6. The summed E-state index contributed by atoms with van der Waals surface area (Å²) in [6.07, 6.45) is -0.790. The summed E-state index contributed by atoms with van der Waals surface area (Å²) in [6, 6.07) is 7.84. The molecule has 0 atom stereocenters. The lowest BCUT2D eigenvalue weighted by Gasteiger charge is -2.04. The van der Waals surface area contributed by atoms with Gasteiger partial charge in [-0.15, -0.1) is 10.2 Å². The first-order chi connectivity index (χ1) is 11.0. The van der Waals surface area contributed by atoms with Crippen molar-refractivity contribution in [1.29, 1.82) is 0 Å². The molecule has 8 heteroatoms. The van der Waals surface area contributed by atoms with E-state index in [0.717, 1.165) is 10.4 Å². The van der Waals surface area contributed by atoms with Crippen LogP contribution in [0.4, 0.5) is 4.79 Å². The highest BCUT2D eigenvalue weighted by atomic mass is 16.5. The van der Waals surface area contributed by atoms with Crippen LogP contribution in [0.2, 0.25) is 0 Å². The summed E-state index contributed by atoms with van der Waals surface area (Å²) in [4.78, 5) is 23.9. The molecule has 0 aliphatic carbocycles. The molecule has 0 bridgehead atoms. The van der Waals surface area contributed by atoms with E-state index in [1.807, 2.05) is 24.3 Å². The fourth-order valence-corrected chi connectivity index (χ4v) is 1.89. The van der Waals surface area contributed by atoms with Crippen LogP contribution in [0.15, 0.2) is 24.3 Å². The van der Waals surface area contributed by atoms with E-state index in [0.29, 0.717) is 11.7 Å². The standard InChI is InChI=1S/C15H19N5O3/c1-4-23-15(22)16-13(21)9-20-18-14(17-19-20)12-7-5-11(6-8-12)10(2)3/h5-8,10H,4,9H2,1-3H3,(H,16,21,22). The summed E-state index contributed by atoms with van der Waals surface area (Å²) < 4.78 is 4.62. The number of nitrogens with one attached hydrogen (secondary N) is 1. The van der Waals surface area contributed by atoms with Crippen LogP contribution in [0.1, 0.15) is 32.3 Å². The number of alkyl carbamates (subject to hydrolysis) is 1. The second-order valence-electron chi connectivity index (χ2n) is 5.19. The topological polar surface area (TPSA) is 99.0 Å². The van der Waals surface area contributed by atoms with E-state index in [9.17, 15) is 9.59 Å². The van der Waals surface area contributed by atoms with E-state index in [1.165, 1.54) is 5.56 Å². The van der Waals surface area contributed by atoms with Gasteiger partial charge in [0.1, 0.15) is 6.54 Å². The zero-order chi connectivity index (χ0) is 16.8. The number of tetrazole rings is 1. The van der Waals surface area contributed by atoms with Gasteiger partial charge >= 0.3 is 6.09 Å². The SMILES string of the molecule is CCOC(=O)NC(=O)Cn1nnc(-c2ccc(C(C)C)cc2)n1. The van der Waals surface area contributed by atoms with Gasteiger partial charge in [0.25, 0.3) is 5.91 Å². The Labute approximate surface area is 133 Å². The molecule has 1 aromatic carbocycles. The molecule has 0 radical (unpaired) electrons. The summed E-state index contributed by atoms with van der Waals surface area (Å²) in [5.74, 6) is 0.297. The van der Waals surface area contributed by atoms with E-state index < -0.39 is 12.0 Å². The summed E-state index contributed by atoms with van der Waals surface area (Å²) in [6.45, 7) is 5.87. The third kappa shape index (κ3) is 4.60. The van der Waals surface area contributed by atoms with Crippen LogP contribution in [-0.4, -0.2) is 38.8 Å². The van der Waals surface area contributed by atoms with Crippen LogP contribution < -0.4 is 5.32 Å². The molecule has 1 heterocycles. The fraction of sp³-hybridized carbons (Fsp3) is 0.400. The lowest BCUT2D eigenvalue weighted by atomic mass is 10.0. The summed E-state index contributed by atoms with van der Waals surface area (Å²) in [5.41, 5.74) is 2.03. The van der Waals surface area contributed by atoms with Gasteiger partial charge in [0.15, 0.2) is 0 Å². The Balaban J connectivity index is 2.00. The van der Waals surface area contributed by atoms with Gasteiger partial charge in [0, 0.05) is 5.56 Å². The maximum absolute atomic E-state index is 11.6. The van der Waals surface area contributed by atoms with Crippen LogP contribution >= 0.6 is 0 Å². The molecule has 122 valence electrons. The molecule has 0 aliphatic heterocycles. The lowest BCUT2D eigenvalue weighted by Crippen LogP contribution is -2.34. The van der Waals surface area contributed by atoms with Gasteiger partial charge in [-0.25, -0.2) is 4.79 Å². The third-order valence-corrected chi connectivity index (χ3v) is 3.09. The Kier molecular flexibility index (Phi) is 5.40. The number of rotatable bonds is 5. The van der Waals surface area contributed by atoms with Crippen molar-refractivity contribution in [2.45, 2.75) is 33.2 Å². The number of ether oxygens (including phenoxy) is 1. The Hall–Kier alpha value is -2.77. The number of hydrogen-bond donors (Lipinski definition) is 1. The van der Waals surface area contributed by atoms with Gasteiger partial charge in [0.2, 0.25) is 5.82 Å². The number of amides is 2. The van der Waals surface area contributed by atoms with Crippen molar-refractivity contribution in [3.05, 3.63) is 29.8 Å². The zero-order valence-electron chi connectivity index (χ0n) is 13.3. The Morgan fingerprint density at radius 3 is 2.57 bits per heavy atom. The Morgan fingerprint density at radius 1 is 1.26 bits per heavy atom. The molecule has 0 saturated heterocycles. The van der Waals surface area contributed by atoms with E-state index in [1.54, 1.807) is 6.92 Å². The fourth-order valence-electron chi connectivity index (χ4n) is 1.89. The number of carbonyl (C=O) groups excluding carboxylic acids is 2. The van der Waals surface area contributed by atoms with Crippen molar-refractivity contribution in [2.24, 2.45) is 0 Å². The molecular weight excluding hydrogens is 298 g/mol.